The number of nitrogens with zero attached hydrogens (tertiary/aromatic N) is 1. The zero-order valence-corrected chi connectivity index (χ0v) is 17.4. The molecule has 6 heteroatoms. The van der Waals surface area contributed by atoms with Gasteiger partial charge in [0.1, 0.15) is 0 Å². The quantitative estimate of drug-likeness (QED) is 0.843. The molecular formula is C22H26N2O3S. The van der Waals surface area contributed by atoms with Crippen LogP contribution in [0.4, 0.5) is 11.4 Å². The van der Waals surface area contributed by atoms with Gasteiger partial charge in [0.05, 0.1) is 10.6 Å². The first-order chi connectivity index (χ1) is 13.3. The minimum absolute atomic E-state index is 0.143. The van der Waals surface area contributed by atoms with Gasteiger partial charge in [-0.05, 0) is 86.9 Å². The molecule has 1 N–H and O–H groups in total. The summed E-state index contributed by atoms with van der Waals surface area (Å²) in [6.07, 6.45) is 3.78. The summed E-state index contributed by atoms with van der Waals surface area (Å²) in [5, 5.41) is 0. The van der Waals surface area contributed by atoms with E-state index < -0.39 is 10.0 Å². The minimum atomic E-state index is -3.70. The molecule has 0 aromatic heterocycles. The molecule has 0 bridgehead atoms. The molecule has 2 aromatic rings. The summed E-state index contributed by atoms with van der Waals surface area (Å²) in [5.41, 5.74) is 5.17. The number of sulfonamides is 1. The Hall–Kier alpha value is -2.34. The van der Waals surface area contributed by atoms with Crippen molar-refractivity contribution in [2.75, 3.05) is 16.2 Å². The Kier molecular flexibility index (Phi) is 4.70. The summed E-state index contributed by atoms with van der Waals surface area (Å²) in [7, 11) is -3.70. The smallest absolute Gasteiger partial charge is 0.262 e. The van der Waals surface area contributed by atoms with Crippen LogP contribution in [-0.4, -0.2) is 20.9 Å². The van der Waals surface area contributed by atoms with Crippen molar-refractivity contribution in [1.29, 1.82) is 0 Å². The molecule has 1 heterocycles. The van der Waals surface area contributed by atoms with Crippen LogP contribution in [0.3, 0.4) is 0 Å². The molecule has 0 radical (unpaired) electrons. The second kappa shape index (κ2) is 6.92. The van der Waals surface area contributed by atoms with Gasteiger partial charge in [0.2, 0.25) is 5.91 Å². The van der Waals surface area contributed by atoms with Gasteiger partial charge in [0.25, 0.3) is 10.0 Å². The average Bonchev–Trinajstić information content (AvgIpc) is 3.48. The molecule has 2 aliphatic rings. The molecule has 0 spiro atoms. The van der Waals surface area contributed by atoms with Crippen LogP contribution in [0.5, 0.6) is 0 Å². The Labute approximate surface area is 166 Å². The van der Waals surface area contributed by atoms with E-state index >= 15 is 0 Å². The van der Waals surface area contributed by atoms with Crippen LogP contribution in [0.25, 0.3) is 0 Å². The van der Waals surface area contributed by atoms with Crippen LogP contribution in [0.2, 0.25) is 0 Å². The Bertz CT molecular complexity index is 1060. The van der Waals surface area contributed by atoms with Crippen molar-refractivity contribution in [3.8, 4) is 0 Å². The lowest BCUT2D eigenvalue weighted by molar-refractivity contribution is -0.119. The summed E-state index contributed by atoms with van der Waals surface area (Å²) < 4.78 is 28.7. The Morgan fingerprint density at radius 1 is 1.04 bits per heavy atom. The highest BCUT2D eigenvalue weighted by Crippen LogP contribution is 2.37. The molecule has 28 heavy (non-hydrogen) atoms. The number of carbonyl (C=O) groups excluding carboxylic acids is 1. The maximum atomic E-state index is 13.0. The van der Waals surface area contributed by atoms with Crippen molar-refractivity contribution in [3.63, 3.8) is 0 Å². The van der Waals surface area contributed by atoms with Gasteiger partial charge in [-0.1, -0.05) is 12.1 Å². The van der Waals surface area contributed by atoms with Crippen LogP contribution in [-0.2, 0) is 21.2 Å². The van der Waals surface area contributed by atoms with E-state index in [9.17, 15) is 13.2 Å². The third-order valence-corrected chi connectivity index (χ3v) is 7.25. The number of aryl methyl sites for hydroxylation is 4. The van der Waals surface area contributed by atoms with E-state index in [1.165, 1.54) is 0 Å². The highest BCUT2D eigenvalue weighted by molar-refractivity contribution is 7.92. The van der Waals surface area contributed by atoms with Crippen LogP contribution in [0.1, 0.15) is 41.5 Å². The number of hydrogen-bond acceptors (Lipinski definition) is 3. The molecule has 2 aromatic carbocycles. The fourth-order valence-electron chi connectivity index (χ4n) is 3.85. The van der Waals surface area contributed by atoms with Crippen molar-refractivity contribution in [1.82, 2.24) is 0 Å². The molecule has 1 aliphatic heterocycles. The second-order valence-corrected chi connectivity index (χ2v) is 9.67. The number of amides is 1. The number of fused-ring (bicyclic) bond motifs is 1. The number of benzene rings is 2. The largest absolute Gasteiger partial charge is 0.312 e. The number of nitrogens with one attached hydrogen (secondary N) is 1. The second-order valence-electron chi connectivity index (χ2n) is 8.02. The van der Waals surface area contributed by atoms with Crippen molar-refractivity contribution in [2.24, 2.45) is 5.92 Å². The first-order valence-electron chi connectivity index (χ1n) is 9.81. The predicted molar refractivity (Wildman–Crippen MR) is 111 cm³/mol. The fraction of sp³-hybridized carbons (Fsp3) is 0.409. The maximum absolute atomic E-state index is 13.0. The molecule has 148 valence electrons. The van der Waals surface area contributed by atoms with Gasteiger partial charge in [-0.3, -0.25) is 9.52 Å². The number of anilines is 2. The standard InChI is InChI=1S/C22H26N2O3S/c1-14-11-16(3)21(12-15(14)2)28(26,27)23-19-9-8-17-5-4-10-24(20(17)13-19)22(25)18-6-7-18/h8-9,11-13,18,23H,4-7,10H2,1-3H3. The number of hydrogen-bond donors (Lipinski definition) is 1. The van der Waals surface area contributed by atoms with E-state index in [1.54, 1.807) is 12.1 Å². The highest BCUT2D eigenvalue weighted by Gasteiger charge is 2.35. The van der Waals surface area contributed by atoms with E-state index in [-0.39, 0.29) is 11.8 Å². The molecule has 4 rings (SSSR count). The summed E-state index contributed by atoms with van der Waals surface area (Å²) in [6, 6.07) is 9.15. The van der Waals surface area contributed by atoms with Crippen molar-refractivity contribution in [3.05, 3.63) is 52.6 Å². The van der Waals surface area contributed by atoms with Gasteiger partial charge < -0.3 is 4.90 Å². The Morgan fingerprint density at radius 3 is 2.46 bits per heavy atom. The molecule has 1 amide bonds. The van der Waals surface area contributed by atoms with Gasteiger partial charge in [0.15, 0.2) is 0 Å². The molecule has 0 atom stereocenters. The average molecular weight is 399 g/mol. The minimum Gasteiger partial charge on any atom is -0.312 e. The molecule has 5 nitrogen and oxygen atoms in total. The van der Waals surface area contributed by atoms with Gasteiger partial charge in [-0.15, -0.1) is 0 Å². The molecule has 0 unspecified atom stereocenters. The van der Waals surface area contributed by atoms with Crippen molar-refractivity contribution >= 4 is 27.3 Å². The molecule has 1 saturated carbocycles. The first-order valence-corrected chi connectivity index (χ1v) is 11.3. The summed E-state index contributed by atoms with van der Waals surface area (Å²) in [4.78, 5) is 14.8. The summed E-state index contributed by atoms with van der Waals surface area (Å²) >= 11 is 0. The third-order valence-electron chi connectivity index (χ3n) is 5.73. The van der Waals surface area contributed by atoms with Gasteiger partial charge in [-0.25, -0.2) is 8.42 Å². The van der Waals surface area contributed by atoms with E-state index in [1.807, 2.05) is 43.9 Å². The predicted octanol–water partition coefficient (Wildman–Crippen LogP) is 4.10. The van der Waals surface area contributed by atoms with Gasteiger partial charge >= 0.3 is 0 Å². The topological polar surface area (TPSA) is 66.5 Å². The highest BCUT2D eigenvalue weighted by atomic mass is 32.2. The molecule has 1 aliphatic carbocycles. The first kappa shape index (κ1) is 19.0. The third kappa shape index (κ3) is 3.53. The zero-order chi connectivity index (χ0) is 20.1. The maximum Gasteiger partial charge on any atom is 0.262 e. The van der Waals surface area contributed by atoms with Crippen LogP contribution in [0, 0.1) is 26.7 Å². The van der Waals surface area contributed by atoms with Gasteiger partial charge in [0, 0.05) is 18.2 Å². The summed E-state index contributed by atoms with van der Waals surface area (Å²) in [6.45, 7) is 6.40. The molecule has 1 fully saturated rings. The number of carbonyl (C=O) groups is 1. The lowest BCUT2D eigenvalue weighted by Gasteiger charge is -2.30. The van der Waals surface area contributed by atoms with E-state index in [4.69, 9.17) is 0 Å². The SMILES string of the molecule is Cc1cc(C)c(S(=O)(=O)Nc2ccc3c(c2)N(C(=O)C2CC2)CCC3)cc1C. The lowest BCUT2D eigenvalue weighted by atomic mass is 10.0. The molecular weight excluding hydrogens is 372 g/mol. The van der Waals surface area contributed by atoms with Crippen LogP contribution >= 0.6 is 0 Å². The van der Waals surface area contributed by atoms with Crippen LogP contribution in [0.15, 0.2) is 35.2 Å². The van der Waals surface area contributed by atoms with Gasteiger partial charge in [-0.2, -0.15) is 0 Å². The summed E-state index contributed by atoms with van der Waals surface area (Å²) in [5.74, 6) is 0.315. The zero-order valence-electron chi connectivity index (χ0n) is 16.6. The van der Waals surface area contributed by atoms with E-state index in [0.29, 0.717) is 17.1 Å². The number of rotatable bonds is 4. The van der Waals surface area contributed by atoms with E-state index in [2.05, 4.69) is 4.72 Å². The monoisotopic (exact) mass is 398 g/mol. The lowest BCUT2D eigenvalue weighted by Crippen LogP contribution is -2.36. The van der Waals surface area contributed by atoms with E-state index in [0.717, 1.165) is 53.6 Å². The normalized spacial score (nSPS) is 16.6. The molecule has 0 saturated heterocycles. The van der Waals surface area contributed by atoms with Crippen molar-refractivity contribution < 1.29 is 13.2 Å². The Morgan fingerprint density at radius 2 is 1.75 bits per heavy atom. The van der Waals surface area contributed by atoms with Crippen molar-refractivity contribution in [2.45, 2.75) is 51.3 Å². The fourth-order valence-corrected chi connectivity index (χ4v) is 5.21. The van der Waals surface area contributed by atoms with Crippen LogP contribution < -0.4 is 9.62 Å². The Balaban J connectivity index is 1.66.